The van der Waals surface area contributed by atoms with Gasteiger partial charge in [-0.25, -0.2) is 9.97 Å². The van der Waals surface area contributed by atoms with E-state index in [4.69, 9.17) is 5.73 Å². The molecule has 0 saturated carbocycles. The SMILES string of the molecule is Nc1ncnc2c1ccn2C1CC=CC1. The molecule has 15 heavy (non-hydrogen) atoms. The van der Waals surface area contributed by atoms with Gasteiger partial charge in [0.1, 0.15) is 17.8 Å². The maximum Gasteiger partial charge on any atom is 0.145 e. The Morgan fingerprint density at radius 3 is 2.87 bits per heavy atom. The predicted octanol–water partition coefficient (Wildman–Crippen LogP) is 1.90. The van der Waals surface area contributed by atoms with E-state index in [0.717, 1.165) is 23.9 Å². The van der Waals surface area contributed by atoms with Crippen molar-refractivity contribution in [3.8, 4) is 0 Å². The molecule has 4 heteroatoms. The van der Waals surface area contributed by atoms with Crippen LogP contribution >= 0.6 is 0 Å². The van der Waals surface area contributed by atoms with Crippen LogP contribution in [0.3, 0.4) is 0 Å². The molecule has 1 aliphatic rings. The van der Waals surface area contributed by atoms with Gasteiger partial charge >= 0.3 is 0 Å². The third-order valence-corrected chi connectivity index (χ3v) is 2.92. The van der Waals surface area contributed by atoms with Gasteiger partial charge in [-0.2, -0.15) is 0 Å². The molecular formula is C11H12N4. The van der Waals surface area contributed by atoms with E-state index in [2.05, 4.69) is 26.7 Å². The fraction of sp³-hybridized carbons (Fsp3) is 0.273. The molecule has 2 aromatic rings. The van der Waals surface area contributed by atoms with Gasteiger partial charge in [-0.15, -0.1) is 0 Å². The maximum absolute atomic E-state index is 5.79. The van der Waals surface area contributed by atoms with Crippen LogP contribution in [0.1, 0.15) is 18.9 Å². The summed E-state index contributed by atoms with van der Waals surface area (Å²) in [5, 5.41) is 0.949. The Morgan fingerprint density at radius 2 is 2.07 bits per heavy atom. The average molecular weight is 200 g/mol. The maximum atomic E-state index is 5.79. The molecule has 3 rings (SSSR count). The van der Waals surface area contributed by atoms with Crippen LogP contribution in [0.25, 0.3) is 11.0 Å². The molecule has 0 spiro atoms. The highest BCUT2D eigenvalue weighted by molar-refractivity contribution is 5.86. The summed E-state index contributed by atoms with van der Waals surface area (Å²) in [6.07, 6.45) is 10.1. The zero-order chi connectivity index (χ0) is 10.3. The number of rotatable bonds is 1. The summed E-state index contributed by atoms with van der Waals surface area (Å²) in [6, 6.07) is 2.49. The second kappa shape index (κ2) is 3.08. The van der Waals surface area contributed by atoms with E-state index in [1.54, 1.807) is 0 Å². The molecule has 0 radical (unpaired) electrons. The van der Waals surface area contributed by atoms with Crippen LogP contribution < -0.4 is 5.73 Å². The lowest BCUT2D eigenvalue weighted by Crippen LogP contribution is -2.04. The van der Waals surface area contributed by atoms with Gasteiger partial charge in [0.25, 0.3) is 0 Å². The molecule has 0 unspecified atom stereocenters. The van der Waals surface area contributed by atoms with Gasteiger partial charge in [-0.1, -0.05) is 12.2 Å². The van der Waals surface area contributed by atoms with Crippen molar-refractivity contribution in [1.82, 2.24) is 14.5 Å². The third-order valence-electron chi connectivity index (χ3n) is 2.92. The Labute approximate surface area is 87.4 Å². The fourth-order valence-corrected chi connectivity index (χ4v) is 2.12. The van der Waals surface area contributed by atoms with Gasteiger partial charge in [0, 0.05) is 12.2 Å². The van der Waals surface area contributed by atoms with Crippen molar-refractivity contribution < 1.29 is 0 Å². The monoisotopic (exact) mass is 200 g/mol. The largest absolute Gasteiger partial charge is 0.383 e. The number of fused-ring (bicyclic) bond motifs is 1. The molecule has 2 N–H and O–H groups in total. The van der Waals surface area contributed by atoms with Crippen molar-refractivity contribution in [2.45, 2.75) is 18.9 Å². The Balaban J connectivity index is 2.16. The zero-order valence-corrected chi connectivity index (χ0v) is 8.30. The highest BCUT2D eigenvalue weighted by Crippen LogP contribution is 2.28. The predicted molar refractivity (Wildman–Crippen MR) is 59.4 cm³/mol. The van der Waals surface area contributed by atoms with Crippen LogP contribution in [-0.2, 0) is 0 Å². The number of nitrogens with two attached hydrogens (primary N) is 1. The second-order valence-corrected chi connectivity index (χ2v) is 3.82. The summed E-state index contributed by atoms with van der Waals surface area (Å²) in [5.41, 5.74) is 6.73. The quantitative estimate of drug-likeness (QED) is 0.715. The molecule has 0 aliphatic heterocycles. The highest BCUT2D eigenvalue weighted by atomic mass is 15.1. The Kier molecular flexibility index (Phi) is 1.74. The second-order valence-electron chi connectivity index (χ2n) is 3.82. The smallest absolute Gasteiger partial charge is 0.145 e. The van der Waals surface area contributed by atoms with Crippen LogP contribution in [-0.4, -0.2) is 14.5 Å². The standard InChI is InChI=1S/C11H12N4/c12-10-9-5-6-15(8-3-1-2-4-8)11(9)14-7-13-10/h1-2,5-8H,3-4H2,(H2,12,13,14). The van der Waals surface area contributed by atoms with Gasteiger partial charge in [0.15, 0.2) is 0 Å². The highest BCUT2D eigenvalue weighted by Gasteiger charge is 2.15. The van der Waals surface area contributed by atoms with E-state index >= 15 is 0 Å². The lowest BCUT2D eigenvalue weighted by atomic mass is 10.2. The van der Waals surface area contributed by atoms with Gasteiger partial charge in [-0.3, -0.25) is 0 Å². The molecule has 0 saturated heterocycles. The number of allylic oxidation sites excluding steroid dienone is 2. The summed E-state index contributed by atoms with van der Waals surface area (Å²) in [4.78, 5) is 8.28. The molecule has 4 nitrogen and oxygen atoms in total. The Bertz CT molecular complexity index is 518. The van der Waals surface area contributed by atoms with E-state index in [1.807, 2.05) is 12.3 Å². The number of hydrogen-bond acceptors (Lipinski definition) is 3. The van der Waals surface area contributed by atoms with E-state index < -0.39 is 0 Å². The number of nitrogens with zero attached hydrogens (tertiary/aromatic N) is 3. The average Bonchev–Trinajstić information content (AvgIpc) is 2.85. The summed E-state index contributed by atoms with van der Waals surface area (Å²) in [5.74, 6) is 0.560. The third kappa shape index (κ3) is 1.21. The number of aromatic nitrogens is 3. The number of hydrogen-bond donors (Lipinski definition) is 1. The lowest BCUT2D eigenvalue weighted by molar-refractivity contribution is 0.550. The molecule has 0 bridgehead atoms. The van der Waals surface area contributed by atoms with Crippen LogP contribution in [0.4, 0.5) is 5.82 Å². The van der Waals surface area contributed by atoms with Crippen LogP contribution in [0.2, 0.25) is 0 Å². The van der Waals surface area contributed by atoms with E-state index in [1.165, 1.54) is 6.33 Å². The van der Waals surface area contributed by atoms with Gasteiger partial charge in [-0.05, 0) is 18.9 Å². The molecule has 76 valence electrons. The Morgan fingerprint density at radius 1 is 1.27 bits per heavy atom. The summed E-state index contributed by atoms with van der Waals surface area (Å²) < 4.78 is 2.19. The number of anilines is 1. The molecular weight excluding hydrogens is 188 g/mol. The zero-order valence-electron chi connectivity index (χ0n) is 8.30. The van der Waals surface area contributed by atoms with E-state index in [0.29, 0.717) is 11.9 Å². The Hall–Kier alpha value is -1.84. The fourth-order valence-electron chi connectivity index (χ4n) is 2.12. The van der Waals surface area contributed by atoms with E-state index in [-0.39, 0.29) is 0 Å². The van der Waals surface area contributed by atoms with Gasteiger partial charge in [0.2, 0.25) is 0 Å². The number of nitrogen functional groups attached to an aromatic ring is 1. The minimum atomic E-state index is 0.497. The molecule has 2 heterocycles. The van der Waals surface area contributed by atoms with E-state index in [9.17, 15) is 0 Å². The topological polar surface area (TPSA) is 56.7 Å². The van der Waals surface area contributed by atoms with Crippen molar-refractivity contribution in [3.63, 3.8) is 0 Å². The molecule has 0 amide bonds. The van der Waals surface area contributed by atoms with Crippen molar-refractivity contribution in [3.05, 3.63) is 30.7 Å². The first-order valence-electron chi connectivity index (χ1n) is 5.08. The van der Waals surface area contributed by atoms with Crippen LogP contribution in [0, 0.1) is 0 Å². The normalized spacial score (nSPS) is 16.5. The van der Waals surface area contributed by atoms with Crippen molar-refractivity contribution in [2.24, 2.45) is 0 Å². The molecule has 0 fully saturated rings. The van der Waals surface area contributed by atoms with Gasteiger partial charge in [0.05, 0.1) is 5.39 Å². The first kappa shape index (κ1) is 8.47. The molecule has 1 aliphatic carbocycles. The molecule has 0 aromatic carbocycles. The van der Waals surface area contributed by atoms with Gasteiger partial charge < -0.3 is 10.3 Å². The minimum Gasteiger partial charge on any atom is -0.383 e. The van der Waals surface area contributed by atoms with Crippen molar-refractivity contribution in [1.29, 1.82) is 0 Å². The van der Waals surface area contributed by atoms with Crippen LogP contribution in [0.15, 0.2) is 30.7 Å². The minimum absolute atomic E-state index is 0.497. The molecule has 0 atom stereocenters. The van der Waals surface area contributed by atoms with Crippen molar-refractivity contribution in [2.75, 3.05) is 5.73 Å². The molecule has 2 aromatic heterocycles. The van der Waals surface area contributed by atoms with Crippen LogP contribution in [0.5, 0.6) is 0 Å². The summed E-state index contributed by atoms with van der Waals surface area (Å²) in [6.45, 7) is 0. The first-order chi connectivity index (χ1) is 7.36. The van der Waals surface area contributed by atoms with Crippen molar-refractivity contribution >= 4 is 16.9 Å². The first-order valence-corrected chi connectivity index (χ1v) is 5.08. The lowest BCUT2D eigenvalue weighted by Gasteiger charge is -2.12. The summed E-state index contributed by atoms with van der Waals surface area (Å²) in [7, 11) is 0. The summed E-state index contributed by atoms with van der Waals surface area (Å²) >= 11 is 0.